The quantitative estimate of drug-likeness (QED) is 0.603. The molecule has 1 amide bonds. The predicted octanol–water partition coefficient (Wildman–Crippen LogP) is 2.77. The lowest BCUT2D eigenvalue weighted by molar-refractivity contribution is -0.128. The van der Waals surface area contributed by atoms with E-state index in [2.05, 4.69) is 31.6 Å². The zero-order valence-corrected chi connectivity index (χ0v) is 16.5. The van der Waals surface area contributed by atoms with Crippen molar-refractivity contribution in [2.24, 2.45) is 0 Å². The van der Waals surface area contributed by atoms with Crippen molar-refractivity contribution in [1.29, 1.82) is 0 Å². The van der Waals surface area contributed by atoms with Crippen LogP contribution in [0.5, 0.6) is 0 Å². The van der Waals surface area contributed by atoms with Gasteiger partial charge in [-0.1, -0.05) is 48.2 Å². The van der Waals surface area contributed by atoms with Crippen LogP contribution in [0.15, 0.2) is 72.3 Å². The van der Waals surface area contributed by atoms with Crippen LogP contribution < -0.4 is 4.90 Å². The van der Waals surface area contributed by atoms with Crippen molar-refractivity contribution in [2.45, 2.75) is 11.7 Å². The molecule has 1 aliphatic heterocycles. The van der Waals surface area contributed by atoms with Crippen LogP contribution in [0, 0.1) is 0 Å². The molecule has 7 heteroatoms. The van der Waals surface area contributed by atoms with Gasteiger partial charge in [0.15, 0.2) is 5.16 Å². The molecule has 1 fully saturated rings. The highest BCUT2D eigenvalue weighted by molar-refractivity contribution is 7.99. The summed E-state index contributed by atoms with van der Waals surface area (Å²) in [6.45, 7) is 3.86. The van der Waals surface area contributed by atoms with Gasteiger partial charge in [-0.15, -0.1) is 0 Å². The first-order valence-corrected chi connectivity index (χ1v) is 10.4. The number of rotatable bonds is 6. The maximum atomic E-state index is 12.6. The third kappa shape index (κ3) is 4.54. The Bertz CT molecular complexity index is 891. The molecule has 144 valence electrons. The Balaban J connectivity index is 1.28. The van der Waals surface area contributed by atoms with Gasteiger partial charge in [0.2, 0.25) is 5.91 Å². The fourth-order valence-electron chi connectivity index (χ4n) is 3.28. The molecule has 0 N–H and O–H groups in total. The summed E-state index contributed by atoms with van der Waals surface area (Å²) in [5, 5.41) is 0.879. The van der Waals surface area contributed by atoms with E-state index < -0.39 is 0 Å². The van der Waals surface area contributed by atoms with Gasteiger partial charge >= 0.3 is 0 Å². The van der Waals surface area contributed by atoms with Gasteiger partial charge in [-0.2, -0.15) is 0 Å². The van der Waals surface area contributed by atoms with E-state index in [0.29, 0.717) is 5.75 Å². The number of benzene rings is 1. The van der Waals surface area contributed by atoms with Gasteiger partial charge in [0.25, 0.3) is 0 Å². The number of anilines is 1. The molecule has 0 saturated carbocycles. The molecule has 3 aromatic rings. The van der Waals surface area contributed by atoms with Crippen LogP contribution in [0.3, 0.4) is 0 Å². The summed E-state index contributed by atoms with van der Waals surface area (Å²) in [6.07, 6.45) is 5.56. The number of pyridine rings is 1. The maximum absolute atomic E-state index is 12.6. The van der Waals surface area contributed by atoms with Gasteiger partial charge in [-0.3, -0.25) is 4.79 Å². The van der Waals surface area contributed by atoms with Gasteiger partial charge < -0.3 is 14.4 Å². The van der Waals surface area contributed by atoms with E-state index in [0.717, 1.165) is 43.7 Å². The fraction of sp³-hybridized carbons (Fsp3) is 0.286. The Kier molecular flexibility index (Phi) is 5.92. The molecule has 2 aromatic heterocycles. The first kappa shape index (κ1) is 18.6. The maximum Gasteiger partial charge on any atom is 0.233 e. The van der Waals surface area contributed by atoms with Crippen molar-refractivity contribution in [2.75, 3.05) is 36.8 Å². The Labute approximate surface area is 169 Å². The molecule has 0 aliphatic carbocycles. The Morgan fingerprint density at radius 2 is 1.71 bits per heavy atom. The summed E-state index contributed by atoms with van der Waals surface area (Å²) in [5.41, 5.74) is 1.22. The van der Waals surface area contributed by atoms with E-state index in [1.54, 1.807) is 12.4 Å². The smallest absolute Gasteiger partial charge is 0.233 e. The highest BCUT2D eigenvalue weighted by Gasteiger charge is 2.22. The number of aromatic nitrogens is 3. The molecule has 1 aromatic carbocycles. The highest BCUT2D eigenvalue weighted by Crippen LogP contribution is 2.19. The molecule has 1 saturated heterocycles. The molecule has 28 heavy (non-hydrogen) atoms. The van der Waals surface area contributed by atoms with Crippen LogP contribution >= 0.6 is 11.8 Å². The molecule has 0 radical (unpaired) electrons. The number of hydrogen-bond donors (Lipinski definition) is 0. The second-order valence-electron chi connectivity index (χ2n) is 6.67. The summed E-state index contributed by atoms with van der Waals surface area (Å²) in [4.78, 5) is 25.6. The van der Waals surface area contributed by atoms with Crippen LogP contribution in [0.4, 0.5) is 5.82 Å². The van der Waals surface area contributed by atoms with E-state index in [1.165, 1.54) is 17.3 Å². The van der Waals surface area contributed by atoms with E-state index >= 15 is 0 Å². The Morgan fingerprint density at radius 3 is 2.46 bits per heavy atom. The van der Waals surface area contributed by atoms with Gasteiger partial charge in [0.1, 0.15) is 5.82 Å². The summed E-state index contributed by atoms with van der Waals surface area (Å²) < 4.78 is 2.09. The zero-order valence-electron chi connectivity index (χ0n) is 15.6. The van der Waals surface area contributed by atoms with Crippen LogP contribution in [-0.2, 0) is 11.3 Å². The number of amides is 1. The first-order chi connectivity index (χ1) is 13.8. The number of piperazine rings is 1. The Morgan fingerprint density at radius 1 is 0.929 bits per heavy atom. The minimum Gasteiger partial charge on any atom is -0.353 e. The monoisotopic (exact) mass is 393 g/mol. The van der Waals surface area contributed by atoms with Crippen molar-refractivity contribution >= 4 is 23.5 Å². The Hall–Kier alpha value is -2.80. The zero-order chi connectivity index (χ0) is 19.2. The van der Waals surface area contributed by atoms with Crippen molar-refractivity contribution in [3.8, 4) is 0 Å². The molecule has 0 bridgehead atoms. The fourth-order valence-corrected chi connectivity index (χ4v) is 4.14. The predicted molar refractivity (Wildman–Crippen MR) is 112 cm³/mol. The highest BCUT2D eigenvalue weighted by atomic mass is 32.2. The molecule has 0 unspecified atom stereocenters. The average molecular weight is 394 g/mol. The minimum absolute atomic E-state index is 0.167. The molecule has 3 heterocycles. The molecule has 1 aliphatic rings. The summed E-state index contributed by atoms with van der Waals surface area (Å²) >= 11 is 1.51. The second kappa shape index (κ2) is 8.93. The molecular weight excluding hydrogens is 370 g/mol. The van der Waals surface area contributed by atoms with Crippen LogP contribution in [0.1, 0.15) is 5.56 Å². The number of thioether (sulfide) groups is 1. The number of imidazole rings is 1. The van der Waals surface area contributed by atoms with Crippen molar-refractivity contribution < 1.29 is 4.79 Å². The summed E-state index contributed by atoms with van der Waals surface area (Å²) in [7, 11) is 0. The van der Waals surface area contributed by atoms with Gasteiger partial charge in [-0.25, -0.2) is 9.97 Å². The number of hydrogen-bond acceptors (Lipinski definition) is 5. The normalized spacial score (nSPS) is 14.3. The standard InChI is InChI=1S/C21H23N5OS/c27-20(25-14-12-24(13-15-25)19-8-4-5-9-22-19)17-28-21-23-10-11-26(21)16-18-6-2-1-3-7-18/h1-11H,12-17H2. The van der Waals surface area contributed by atoms with Gasteiger partial charge in [0.05, 0.1) is 5.75 Å². The average Bonchev–Trinajstić information content (AvgIpc) is 3.20. The van der Waals surface area contributed by atoms with Crippen LogP contribution in [0.2, 0.25) is 0 Å². The van der Waals surface area contributed by atoms with E-state index in [1.807, 2.05) is 47.5 Å². The lowest BCUT2D eigenvalue weighted by atomic mass is 10.2. The minimum atomic E-state index is 0.167. The summed E-state index contributed by atoms with van der Waals surface area (Å²) in [5.74, 6) is 1.56. The molecular formula is C21H23N5OS. The van der Waals surface area contributed by atoms with Crippen molar-refractivity contribution in [1.82, 2.24) is 19.4 Å². The molecule has 6 nitrogen and oxygen atoms in total. The third-order valence-electron chi connectivity index (χ3n) is 4.80. The largest absolute Gasteiger partial charge is 0.353 e. The third-order valence-corrected chi connectivity index (χ3v) is 5.79. The summed E-state index contributed by atoms with van der Waals surface area (Å²) in [6, 6.07) is 16.2. The molecule has 4 rings (SSSR count). The lowest BCUT2D eigenvalue weighted by Gasteiger charge is -2.35. The molecule has 0 spiro atoms. The lowest BCUT2D eigenvalue weighted by Crippen LogP contribution is -2.49. The van der Waals surface area contributed by atoms with Gasteiger partial charge in [0, 0.05) is 51.3 Å². The van der Waals surface area contributed by atoms with Crippen molar-refractivity contribution in [3.05, 3.63) is 72.7 Å². The first-order valence-electron chi connectivity index (χ1n) is 9.41. The topological polar surface area (TPSA) is 54.3 Å². The van der Waals surface area contributed by atoms with Crippen molar-refractivity contribution in [3.63, 3.8) is 0 Å². The van der Waals surface area contributed by atoms with Crippen LogP contribution in [-0.4, -0.2) is 57.3 Å². The second-order valence-corrected chi connectivity index (χ2v) is 7.61. The van der Waals surface area contributed by atoms with Gasteiger partial charge in [-0.05, 0) is 17.7 Å². The number of carbonyl (C=O) groups excluding carboxylic acids is 1. The van der Waals surface area contributed by atoms with Crippen LogP contribution in [0.25, 0.3) is 0 Å². The number of nitrogens with zero attached hydrogens (tertiary/aromatic N) is 5. The SMILES string of the molecule is O=C(CSc1nccn1Cc1ccccc1)N1CCN(c2ccccn2)CC1. The molecule has 0 atom stereocenters. The van der Waals surface area contributed by atoms with E-state index in [9.17, 15) is 4.79 Å². The van der Waals surface area contributed by atoms with E-state index in [-0.39, 0.29) is 5.91 Å². The van der Waals surface area contributed by atoms with E-state index in [4.69, 9.17) is 0 Å². The number of carbonyl (C=O) groups is 1.